The average Bonchev–Trinajstić information content (AvgIpc) is 2.45. The maximum atomic E-state index is 9.02. The third-order valence-electron chi connectivity index (χ3n) is 1.86. The lowest BCUT2D eigenvalue weighted by atomic mass is 9.80. The van der Waals surface area contributed by atoms with Crippen molar-refractivity contribution in [1.82, 2.24) is 0 Å². The maximum absolute atomic E-state index is 9.02. The molecule has 0 atom stereocenters. The second kappa shape index (κ2) is 3.83. The first-order chi connectivity index (χ1) is 6.58. The summed E-state index contributed by atoms with van der Waals surface area (Å²) < 4.78 is 2.53. The normalized spacial score (nSPS) is 10.9. The third-order valence-corrected chi connectivity index (χ3v) is 4.06. The molecule has 2 aromatic rings. The van der Waals surface area contributed by atoms with Gasteiger partial charge in [-0.2, -0.15) is 0 Å². The molecule has 2 nitrogen and oxygen atoms in total. The van der Waals surface area contributed by atoms with Gasteiger partial charge in [0.2, 0.25) is 0 Å². The zero-order chi connectivity index (χ0) is 10.3. The van der Waals surface area contributed by atoms with Gasteiger partial charge in [0.1, 0.15) is 0 Å². The summed E-state index contributed by atoms with van der Waals surface area (Å²) in [7, 11) is -1.45. The van der Waals surface area contributed by atoms with Crippen molar-refractivity contribution in [2.75, 3.05) is 0 Å². The molecule has 0 radical (unpaired) electrons. The van der Waals surface area contributed by atoms with Crippen LogP contribution in [-0.4, -0.2) is 17.2 Å². The molecule has 0 amide bonds. The molecule has 0 saturated heterocycles. The highest BCUT2D eigenvalue weighted by Crippen LogP contribution is 2.33. The number of fused-ring (bicyclic) bond motifs is 1. The molecule has 0 aliphatic heterocycles. The van der Waals surface area contributed by atoms with Gasteiger partial charge in [-0.1, -0.05) is 17.7 Å². The molecule has 1 aromatic heterocycles. The molecule has 72 valence electrons. The monoisotopic (exact) mass is 290 g/mol. The molecular weight excluding hydrogens is 286 g/mol. The van der Waals surface area contributed by atoms with Crippen LogP contribution in [0.3, 0.4) is 0 Å². The van der Waals surface area contributed by atoms with Gasteiger partial charge in [-0.3, -0.25) is 0 Å². The van der Waals surface area contributed by atoms with Crippen LogP contribution in [0, 0.1) is 0 Å². The Bertz CT molecular complexity index is 485. The lowest BCUT2D eigenvalue weighted by Gasteiger charge is -2.00. The Hall–Kier alpha value is -0.0651. The van der Waals surface area contributed by atoms with Gasteiger partial charge in [0, 0.05) is 9.17 Å². The molecule has 0 aliphatic rings. The minimum Gasteiger partial charge on any atom is -0.423 e. The Morgan fingerprint density at radius 2 is 2.00 bits per heavy atom. The minimum absolute atomic E-state index is 0.457. The van der Waals surface area contributed by atoms with Crippen LogP contribution in [0.15, 0.2) is 22.7 Å². The quantitative estimate of drug-likeness (QED) is 0.789. The summed E-state index contributed by atoms with van der Waals surface area (Å²) in [4.78, 5) is 0. The molecule has 0 bridgehead atoms. The summed E-state index contributed by atoms with van der Waals surface area (Å²) in [5, 5.41) is 19.0. The summed E-state index contributed by atoms with van der Waals surface area (Å²) in [6.45, 7) is 0. The van der Waals surface area contributed by atoms with E-state index in [-0.39, 0.29) is 0 Å². The van der Waals surface area contributed by atoms with Gasteiger partial charge in [-0.15, -0.1) is 11.3 Å². The van der Waals surface area contributed by atoms with E-state index >= 15 is 0 Å². The van der Waals surface area contributed by atoms with Crippen LogP contribution in [0.25, 0.3) is 10.1 Å². The van der Waals surface area contributed by atoms with Crippen LogP contribution in [0.5, 0.6) is 0 Å². The molecule has 0 fully saturated rings. The number of hydrogen-bond acceptors (Lipinski definition) is 3. The first kappa shape index (κ1) is 10.5. The zero-order valence-electron chi connectivity index (χ0n) is 6.87. The Labute approximate surface area is 98.4 Å². The van der Waals surface area contributed by atoms with Crippen molar-refractivity contribution in [3.63, 3.8) is 0 Å². The van der Waals surface area contributed by atoms with Gasteiger partial charge in [0.05, 0.1) is 4.34 Å². The number of benzene rings is 1. The first-order valence-electron chi connectivity index (χ1n) is 3.82. The Balaban J connectivity index is 2.71. The van der Waals surface area contributed by atoms with E-state index in [9.17, 15) is 0 Å². The van der Waals surface area contributed by atoms with Gasteiger partial charge in [0.25, 0.3) is 0 Å². The molecule has 0 saturated carbocycles. The van der Waals surface area contributed by atoms with Crippen molar-refractivity contribution < 1.29 is 10.0 Å². The van der Waals surface area contributed by atoms with Gasteiger partial charge >= 0.3 is 7.12 Å². The Morgan fingerprint density at radius 1 is 1.29 bits per heavy atom. The largest absolute Gasteiger partial charge is 0.488 e. The van der Waals surface area contributed by atoms with E-state index in [0.29, 0.717) is 9.80 Å². The number of rotatable bonds is 1. The summed E-state index contributed by atoms with van der Waals surface area (Å²) in [5.74, 6) is 0. The number of thiophene rings is 1. The lowest BCUT2D eigenvalue weighted by molar-refractivity contribution is 0.426. The Morgan fingerprint density at radius 3 is 2.64 bits per heavy atom. The second-order valence-corrected chi connectivity index (χ2v) is 5.38. The zero-order valence-corrected chi connectivity index (χ0v) is 10.0. The maximum Gasteiger partial charge on any atom is 0.488 e. The minimum atomic E-state index is -1.45. The summed E-state index contributed by atoms with van der Waals surface area (Å²) in [6.07, 6.45) is 0. The van der Waals surface area contributed by atoms with E-state index in [1.165, 1.54) is 11.3 Å². The van der Waals surface area contributed by atoms with Crippen LogP contribution >= 0.6 is 38.9 Å². The molecule has 1 aromatic carbocycles. The molecule has 14 heavy (non-hydrogen) atoms. The fraction of sp³-hybridized carbons (Fsp3) is 0. The van der Waals surface area contributed by atoms with Crippen LogP contribution in [-0.2, 0) is 0 Å². The summed E-state index contributed by atoms with van der Waals surface area (Å²) in [5.41, 5.74) is 0.457. The number of halogens is 2. The van der Waals surface area contributed by atoms with Crippen LogP contribution in [0.4, 0.5) is 0 Å². The smallest absolute Gasteiger partial charge is 0.423 e. The van der Waals surface area contributed by atoms with Crippen LogP contribution in [0.1, 0.15) is 0 Å². The van der Waals surface area contributed by atoms with Gasteiger partial charge in [-0.25, -0.2) is 0 Å². The predicted molar refractivity (Wildman–Crippen MR) is 64.4 cm³/mol. The number of hydrogen-bond donors (Lipinski definition) is 2. The molecular formula is C8H5BBrClO2S. The third kappa shape index (κ3) is 1.83. The Kier molecular flexibility index (Phi) is 2.86. The predicted octanol–water partition coefficient (Wildman–Crippen LogP) is 2.00. The topological polar surface area (TPSA) is 40.5 Å². The summed E-state index contributed by atoms with van der Waals surface area (Å²) in [6, 6.07) is 5.20. The molecule has 2 rings (SSSR count). The lowest BCUT2D eigenvalue weighted by Crippen LogP contribution is -2.29. The van der Waals surface area contributed by atoms with Gasteiger partial charge in [0.15, 0.2) is 0 Å². The van der Waals surface area contributed by atoms with E-state index in [1.807, 2.05) is 0 Å². The highest BCUT2D eigenvalue weighted by Gasteiger charge is 2.14. The molecule has 0 spiro atoms. The van der Waals surface area contributed by atoms with E-state index in [1.54, 1.807) is 18.2 Å². The standard InChI is InChI=1S/C8H5BBrClO2S/c10-6-3-5(9(12)13)1-4-2-7(11)14-8(4)6/h1-3,12-13H. The highest BCUT2D eigenvalue weighted by atomic mass is 79.9. The van der Waals surface area contributed by atoms with Crippen molar-refractivity contribution >= 4 is 61.5 Å². The van der Waals surface area contributed by atoms with Crippen molar-refractivity contribution in [3.05, 3.63) is 27.0 Å². The molecule has 0 unspecified atom stereocenters. The van der Waals surface area contributed by atoms with E-state index < -0.39 is 7.12 Å². The van der Waals surface area contributed by atoms with Crippen molar-refractivity contribution in [3.8, 4) is 0 Å². The van der Waals surface area contributed by atoms with Crippen LogP contribution < -0.4 is 5.46 Å². The first-order valence-corrected chi connectivity index (χ1v) is 5.81. The molecule has 6 heteroatoms. The summed E-state index contributed by atoms with van der Waals surface area (Å²) >= 11 is 10.7. The average molecular weight is 291 g/mol. The van der Waals surface area contributed by atoms with E-state index in [2.05, 4.69) is 15.9 Å². The van der Waals surface area contributed by atoms with E-state index in [4.69, 9.17) is 21.6 Å². The molecule has 1 heterocycles. The van der Waals surface area contributed by atoms with Gasteiger partial charge < -0.3 is 10.0 Å². The van der Waals surface area contributed by atoms with Crippen molar-refractivity contribution in [2.24, 2.45) is 0 Å². The SMILES string of the molecule is OB(O)c1cc(Br)c2sc(Cl)cc2c1. The van der Waals surface area contributed by atoms with Gasteiger partial charge in [-0.05, 0) is 38.9 Å². The highest BCUT2D eigenvalue weighted by molar-refractivity contribution is 9.10. The fourth-order valence-electron chi connectivity index (χ4n) is 1.25. The molecule has 2 N–H and O–H groups in total. The van der Waals surface area contributed by atoms with E-state index in [0.717, 1.165) is 14.6 Å². The van der Waals surface area contributed by atoms with Crippen LogP contribution in [0.2, 0.25) is 4.34 Å². The van der Waals surface area contributed by atoms with Crippen molar-refractivity contribution in [1.29, 1.82) is 0 Å². The molecule has 0 aliphatic carbocycles. The second-order valence-electron chi connectivity index (χ2n) is 2.85. The fourth-order valence-corrected chi connectivity index (χ4v) is 3.11. The van der Waals surface area contributed by atoms with Crippen molar-refractivity contribution in [2.45, 2.75) is 0 Å².